The molecule has 2 aromatic rings. The second-order valence-corrected chi connectivity index (χ2v) is 4.84. The molecule has 0 spiro atoms. The summed E-state index contributed by atoms with van der Waals surface area (Å²) in [5.74, 6) is 0. The minimum atomic E-state index is -0.282. The standard InChI is InChI=1S/C12H15N3O2S/c1-3-10-13-9(8-18-10)7-15-11(16)5-6-14(4-2)12(15)17/h5-6,8H,3-4,7H2,1-2H3. The third kappa shape index (κ3) is 2.43. The number of aryl methyl sites for hydroxylation is 2. The zero-order valence-electron chi connectivity index (χ0n) is 10.4. The largest absolute Gasteiger partial charge is 0.331 e. The van der Waals surface area contributed by atoms with Crippen molar-refractivity contribution in [2.24, 2.45) is 0 Å². The minimum absolute atomic E-state index is 0.245. The summed E-state index contributed by atoms with van der Waals surface area (Å²) in [6.07, 6.45) is 2.40. The molecule has 0 amide bonds. The molecular weight excluding hydrogens is 250 g/mol. The summed E-state index contributed by atoms with van der Waals surface area (Å²) in [5.41, 5.74) is 0.205. The van der Waals surface area contributed by atoms with Crippen molar-refractivity contribution >= 4 is 11.3 Å². The zero-order valence-corrected chi connectivity index (χ0v) is 11.2. The normalized spacial score (nSPS) is 10.8. The lowest BCUT2D eigenvalue weighted by Crippen LogP contribution is -2.39. The van der Waals surface area contributed by atoms with Crippen LogP contribution in [0.4, 0.5) is 0 Å². The van der Waals surface area contributed by atoms with Crippen molar-refractivity contribution in [3.8, 4) is 0 Å². The van der Waals surface area contributed by atoms with E-state index in [9.17, 15) is 9.59 Å². The van der Waals surface area contributed by atoms with E-state index in [2.05, 4.69) is 4.98 Å². The quantitative estimate of drug-likeness (QED) is 0.831. The molecular formula is C12H15N3O2S. The van der Waals surface area contributed by atoms with Crippen LogP contribution in [0.5, 0.6) is 0 Å². The second kappa shape index (κ2) is 5.30. The molecule has 96 valence electrons. The van der Waals surface area contributed by atoms with Gasteiger partial charge in [0.1, 0.15) is 0 Å². The molecule has 0 atom stereocenters. The number of rotatable bonds is 4. The minimum Gasteiger partial charge on any atom is -0.301 e. The van der Waals surface area contributed by atoms with Gasteiger partial charge in [0.25, 0.3) is 5.56 Å². The number of thiazole rings is 1. The average molecular weight is 265 g/mol. The van der Waals surface area contributed by atoms with Crippen LogP contribution in [-0.2, 0) is 19.5 Å². The smallest absolute Gasteiger partial charge is 0.301 e. The molecule has 2 aromatic heterocycles. The summed E-state index contributed by atoms with van der Waals surface area (Å²) in [6, 6.07) is 1.41. The molecule has 0 fully saturated rings. The molecule has 0 aliphatic heterocycles. The highest BCUT2D eigenvalue weighted by Crippen LogP contribution is 2.10. The van der Waals surface area contributed by atoms with Crippen LogP contribution in [0.25, 0.3) is 0 Å². The Balaban J connectivity index is 2.39. The number of nitrogens with zero attached hydrogens (tertiary/aromatic N) is 3. The number of aromatic nitrogens is 3. The first-order valence-electron chi connectivity index (χ1n) is 5.89. The Morgan fingerprint density at radius 3 is 2.72 bits per heavy atom. The Bertz CT molecular complexity index is 654. The highest BCUT2D eigenvalue weighted by atomic mass is 32.1. The lowest BCUT2D eigenvalue weighted by molar-refractivity contribution is 0.595. The summed E-state index contributed by atoms with van der Waals surface area (Å²) in [6.45, 7) is 4.70. The molecule has 0 N–H and O–H groups in total. The van der Waals surface area contributed by atoms with Crippen LogP contribution in [0.3, 0.4) is 0 Å². The summed E-state index contributed by atoms with van der Waals surface area (Å²) >= 11 is 1.56. The maximum atomic E-state index is 12.0. The van der Waals surface area contributed by atoms with Gasteiger partial charge in [-0.3, -0.25) is 9.36 Å². The first-order valence-corrected chi connectivity index (χ1v) is 6.77. The molecule has 2 heterocycles. The SMILES string of the molecule is CCc1nc(Cn2c(=O)ccn(CC)c2=O)cs1. The van der Waals surface area contributed by atoms with Crippen molar-refractivity contribution in [3.63, 3.8) is 0 Å². The predicted molar refractivity (Wildman–Crippen MR) is 71.2 cm³/mol. The lowest BCUT2D eigenvalue weighted by Gasteiger charge is -2.06. The van der Waals surface area contributed by atoms with Gasteiger partial charge in [-0.05, 0) is 13.3 Å². The van der Waals surface area contributed by atoms with Crippen molar-refractivity contribution in [2.45, 2.75) is 33.4 Å². The Kier molecular flexibility index (Phi) is 3.76. The van der Waals surface area contributed by atoms with Gasteiger partial charge in [0.2, 0.25) is 0 Å². The molecule has 0 saturated heterocycles. The molecule has 2 rings (SSSR count). The van der Waals surface area contributed by atoms with Crippen molar-refractivity contribution in [2.75, 3.05) is 0 Å². The molecule has 0 radical (unpaired) electrons. The van der Waals surface area contributed by atoms with Crippen LogP contribution in [0.2, 0.25) is 0 Å². The molecule has 0 aliphatic carbocycles. The van der Waals surface area contributed by atoms with Crippen molar-refractivity contribution in [3.05, 3.63) is 49.2 Å². The van der Waals surface area contributed by atoms with Gasteiger partial charge in [0.05, 0.1) is 17.2 Å². The van der Waals surface area contributed by atoms with Crippen molar-refractivity contribution < 1.29 is 0 Å². The number of hydrogen-bond donors (Lipinski definition) is 0. The van der Waals surface area contributed by atoms with Gasteiger partial charge in [-0.2, -0.15) is 0 Å². The third-order valence-corrected chi connectivity index (χ3v) is 3.74. The fraction of sp³-hybridized carbons (Fsp3) is 0.417. The van der Waals surface area contributed by atoms with Crippen molar-refractivity contribution in [1.29, 1.82) is 0 Å². The summed E-state index contributed by atoms with van der Waals surface area (Å²) in [5, 5.41) is 2.92. The van der Waals surface area contributed by atoms with Crippen LogP contribution in [-0.4, -0.2) is 14.1 Å². The summed E-state index contributed by atoms with van der Waals surface area (Å²) in [7, 11) is 0. The Hall–Kier alpha value is -1.69. The molecule has 0 aliphatic rings. The maximum Gasteiger partial charge on any atom is 0.331 e. The van der Waals surface area contributed by atoms with E-state index in [1.165, 1.54) is 21.4 Å². The van der Waals surface area contributed by atoms with Gasteiger partial charge in [0.15, 0.2) is 0 Å². The third-order valence-electron chi connectivity index (χ3n) is 2.70. The molecule has 5 nitrogen and oxygen atoms in total. The van der Waals surface area contributed by atoms with E-state index in [1.807, 2.05) is 19.2 Å². The maximum absolute atomic E-state index is 12.0. The Morgan fingerprint density at radius 2 is 2.11 bits per heavy atom. The van der Waals surface area contributed by atoms with Crippen LogP contribution < -0.4 is 11.2 Å². The zero-order chi connectivity index (χ0) is 13.1. The van der Waals surface area contributed by atoms with Gasteiger partial charge in [-0.15, -0.1) is 11.3 Å². The van der Waals surface area contributed by atoms with Gasteiger partial charge < -0.3 is 4.57 Å². The molecule has 18 heavy (non-hydrogen) atoms. The summed E-state index contributed by atoms with van der Waals surface area (Å²) < 4.78 is 2.73. The van der Waals surface area contributed by atoms with Crippen molar-refractivity contribution in [1.82, 2.24) is 14.1 Å². The summed E-state index contributed by atoms with van der Waals surface area (Å²) in [4.78, 5) is 28.1. The molecule has 0 saturated carbocycles. The molecule has 0 unspecified atom stereocenters. The van der Waals surface area contributed by atoms with E-state index in [1.54, 1.807) is 11.3 Å². The average Bonchev–Trinajstić information content (AvgIpc) is 2.82. The van der Waals surface area contributed by atoms with Crippen LogP contribution in [0.1, 0.15) is 24.5 Å². The first kappa shape index (κ1) is 12.8. The number of hydrogen-bond acceptors (Lipinski definition) is 4. The predicted octanol–water partition coefficient (Wildman–Crippen LogP) is 1.10. The highest BCUT2D eigenvalue weighted by molar-refractivity contribution is 7.09. The molecule has 6 heteroatoms. The van der Waals surface area contributed by atoms with Gasteiger partial charge >= 0.3 is 5.69 Å². The Morgan fingerprint density at radius 1 is 1.33 bits per heavy atom. The van der Waals surface area contributed by atoms with Crippen LogP contribution in [0.15, 0.2) is 27.2 Å². The second-order valence-electron chi connectivity index (χ2n) is 3.89. The Labute approximate surface area is 108 Å². The topological polar surface area (TPSA) is 56.9 Å². The fourth-order valence-electron chi connectivity index (χ4n) is 1.69. The monoisotopic (exact) mass is 265 g/mol. The van der Waals surface area contributed by atoms with E-state index in [0.717, 1.165) is 17.1 Å². The fourth-order valence-corrected chi connectivity index (χ4v) is 2.42. The van der Waals surface area contributed by atoms with Crippen LogP contribution >= 0.6 is 11.3 Å². The molecule has 0 bridgehead atoms. The van der Waals surface area contributed by atoms with Gasteiger partial charge in [-0.25, -0.2) is 9.78 Å². The van der Waals surface area contributed by atoms with E-state index in [0.29, 0.717) is 6.54 Å². The highest BCUT2D eigenvalue weighted by Gasteiger charge is 2.07. The van der Waals surface area contributed by atoms with E-state index < -0.39 is 0 Å². The van der Waals surface area contributed by atoms with Crippen LogP contribution in [0, 0.1) is 0 Å². The van der Waals surface area contributed by atoms with Gasteiger partial charge in [-0.1, -0.05) is 6.92 Å². The lowest BCUT2D eigenvalue weighted by atomic mass is 10.4. The van der Waals surface area contributed by atoms with E-state index in [4.69, 9.17) is 0 Å². The first-order chi connectivity index (χ1) is 8.65. The van der Waals surface area contributed by atoms with E-state index >= 15 is 0 Å². The van der Waals surface area contributed by atoms with Gasteiger partial charge in [0, 0.05) is 24.2 Å². The molecule has 0 aromatic carbocycles. The van der Waals surface area contributed by atoms with E-state index in [-0.39, 0.29) is 17.8 Å².